The topological polar surface area (TPSA) is 18.5 Å². The van der Waals surface area contributed by atoms with E-state index in [1.165, 1.54) is 5.57 Å². The van der Waals surface area contributed by atoms with Gasteiger partial charge in [0.25, 0.3) is 0 Å². The van der Waals surface area contributed by atoms with E-state index in [4.69, 9.17) is 9.47 Å². The molecular formula is C18H31O2. The largest absolute Gasteiger partial charge is 0.381 e. The molecule has 4 atom stereocenters. The molecule has 0 spiro atoms. The molecule has 0 aliphatic carbocycles. The average molecular weight is 279 g/mol. The van der Waals surface area contributed by atoms with Gasteiger partial charge in [0, 0.05) is 20.1 Å². The maximum absolute atomic E-state index is 5.63. The molecule has 0 amide bonds. The summed E-state index contributed by atoms with van der Waals surface area (Å²) in [4.78, 5) is 0. The van der Waals surface area contributed by atoms with Crippen LogP contribution < -0.4 is 0 Å². The van der Waals surface area contributed by atoms with Crippen LogP contribution in [0.5, 0.6) is 0 Å². The van der Waals surface area contributed by atoms with E-state index in [1.807, 2.05) is 19.1 Å². The molecule has 20 heavy (non-hydrogen) atoms. The fourth-order valence-electron chi connectivity index (χ4n) is 2.26. The highest BCUT2D eigenvalue weighted by molar-refractivity contribution is 5.20. The number of allylic oxidation sites excluding steroid dienone is 5. The smallest absolute Gasteiger partial charge is 0.0805 e. The van der Waals surface area contributed by atoms with Crippen molar-refractivity contribution in [2.24, 2.45) is 11.8 Å². The summed E-state index contributed by atoms with van der Waals surface area (Å²) in [5.41, 5.74) is 1.25. The minimum absolute atomic E-state index is 0.0458. The molecule has 1 radical (unpaired) electrons. The molecule has 2 heteroatoms. The molecular weight excluding hydrogens is 248 g/mol. The molecule has 0 aliphatic rings. The summed E-state index contributed by atoms with van der Waals surface area (Å²) >= 11 is 0. The van der Waals surface area contributed by atoms with Gasteiger partial charge in [-0.05, 0) is 26.2 Å². The summed E-state index contributed by atoms with van der Waals surface area (Å²) in [7, 11) is 3.51. The zero-order valence-electron chi connectivity index (χ0n) is 13.9. The second kappa shape index (κ2) is 10.9. The highest BCUT2D eigenvalue weighted by Crippen LogP contribution is 2.23. The van der Waals surface area contributed by atoms with Crippen molar-refractivity contribution >= 4 is 0 Å². The van der Waals surface area contributed by atoms with E-state index in [0.717, 1.165) is 6.42 Å². The van der Waals surface area contributed by atoms with Gasteiger partial charge in [0.2, 0.25) is 0 Å². The van der Waals surface area contributed by atoms with Crippen LogP contribution in [0.3, 0.4) is 0 Å². The van der Waals surface area contributed by atoms with Gasteiger partial charge in [0.05, 0.1) is 12.2 Å². The van der Waals surface area contributed by atoms with Gasteiger partial charge in [-0.1, -0.05) is 56.7 Å². The lowest BCUT2D eigenvalue weighted by atomic mass is 9.87. The van der Waals surface area contributed by atoms with Crippen LogP contribution >= 0.6 is 0 Å². The highest BCUT2D eigenvalue weighted by Gasteiger charge is 2.27. The summed E-state index contributed by atoms with van der Waals surface area (Å²) in [5.74, 6) is 0.705. The van der Waals surface area contributed by atoms with E-state index in [2.05, 4.69) is 45.9 Å². The SMILES string of the molecule is [CH2]CC(C)C(OC)C(C)C(C=CC=CC(C)=CC)OC. The standard InChI is InChI=1S/C18H31O2/c1-8-14(3)12-10-11-13-17(19-6)16(5)18(20-7)15(4)9-2/h8,10-13,15-18H,2,9H2,1,3-7H3. The van der Waals surface area contributed by atoms with Crippen molar-refractivity contribution in [1.82, 2.24) is 0 Å². The zero-order valence-corrected chi connectivity index (χ0v) is 13.9. The van der Waals surface area contributed by atoms with Crippen molar-refractivity contribution in [3.05, 3.63) is 42.9 Å². The van der Waals surface area contributed by atoms with Gasteiger partial charge in [-0.2, -0.15) is 0 Å². The number of methoxy groups -OCH3 is 2. The van der Waals surface area contributed by atoms with Crippen LogP contribution in [0.2, 0.25) is 0 Å². The molecule has 0 heterocycles. The normalized spacial score (nSPS) is 19.4. The van der Waals surface area contributed by atoms with Crippen LogP contribution in [0.1, 0.15) is 34.1 Å². The van der Waals surface area contributed by atoms with E-state index in [-0.39, 0.29) is 18.1 Å². The van der Waals surface area contributed by atoms with Gasteiger partial charge in [-0.25, -0.2) is 0 Å². The van der Waals surface area contributed by atoms with Crippen LogP contribution in [-0.4, -0.2) is 26.4 Å². The van der Waals surface area contributed by atoms with Crippen molar-refractivity contribution in [2.45, 2.75) is 46.3 Å². The predicted octanol–water partition coefficient (Wildman–Crippen LogP) is 4.59. The minimum Gasteiger partial charge on any atom is -0.381 e. The Kier molecular flexibility index (Phi) is 10.4. The van der Waals surface area contributed by atoms with Crippen molar-refractivity contribution in [3.63, 3.8) is 0 Å². The van der Waals surface area contributed by atoms with E-state index in [0.29, 0.717) is 5.92 Å². The van der Waals surface area contributed by atoms with Crippen LogP contribution in [0.4, 0.5) is 0 Å². The molecule has 0 aromatic heterocycles. The first-order chi connectivity index (χ1) is 9.51. The molecule has 0 rings (SSSR count). The second-order valence-corrected chi connectivity index (χ2v) is 5.30. The lowest BCUT2D eigenvalue weighted by molar-refractivity contribution is -0.0320. The minimum atomic E-state index is 0.0458. The maximum Gasteiger partial charge on any atom is 0.0805 e. The fraction of sp³-hybridized carbons (Fsp3) is 0.611. The Balaban J connectivity index is 4.73. The molecule has 0 aromatic carbocycles. The number of hydrogen-bond donors (Lipinski definition) is 0. The Morgan fingerprint density at radius 2 is 1.80 bits per heavy atom. The third-order valence-electron chi connectivity index (χ3n) is 3.82. The van der Waals surface area contributed by atoms with Gasteiger partial charge in [-0.3, -0.25) is 0 Å². The van der Waals surface area contributed by atoms with Crippen molar-refractivity contribution in [2.75, 3.05) is 14.2 Å². The first-order valence-corrected chi connectivity index (χ1v) is 7.34. The van der Waals surface area contributed by atoms with Crippen LogP contribution in [0, 0.1) is 18.8 Å². The third kappa shape index (κ3) is 6.53. The van der Waals surface area contributed by atoms with Crippen molar-refractivity contribution < 1.29 is 9.47 Å². The van der Waals surface area contributed by atoms with E-state index in [1.54, 1.807) is 14.2 Å². The van der Waals surface area contributed by atoms with Crippen molar-refractivity contribution in [3.8, 4) is 0 Å². The zero-order chi connectivity index (χ0) is 15.5. The lowest BCUT2D eigenvalue weighted by Gasteiger charge is -2.31. The maximum atomic E-state index is 5.63. The Labute approximate surface area is 125 Å². The summed E-state index contributed by atoms with van der Waals surface area (Å²) in [6, 6.07) is 0. The second-order valence-electron chi connectivity index (χ2n) is 5.30. The predicted molar refractivity (Wildman–Crippen MR) is 87.6 cm³/mol. The number of rotatable bonds is 9. The Hall–Kier alpha value is -0.860. The number of hydrogen-bond acceptors (Lipinski definition) is 2. The van der Waals surface area contributed by atoms with Gasteiger partial charge in [-0.15, -0.1) is 0 Å². The first-order valence-electron chi connectivity index (χ1n) is 7.34. The molecule has 115 valence electrons. The lowest BCUT2D eigenvalue weighted by Crippen LogP contribution is -2.35. The number of ether oxygens (including phenoxy) is 2. The monoisotopic (exact) mass is 279 g/mol. The highest BCUT2D eigenvalue weighted by atomic mass is 16.5. The molecule has 0 aliphatic heterocycles. The summed E-state index contributed by atoms with van der Waals surface area (Å²) < 4.78 is 11.2. The molecule has 2 nitrogen and oxygen atoms in total. The van der Waals surface area contributed by atoms with Crippen molar-refractivity contribution in [1.29, 1.82) is 0 Å². The Morgan fingerprint density at radius 1 is 1.15 bits per heavy atom. The van der Waals surface area contributed by atoms with E-state index in [9.17, 15) is 0 Å². The Bertz CT molecular complexity index is 328. The summed E-state index contributed by atoms with van der Waals surface area (Å²) in [5, 5.41) is 0. The molecule has 0 bridgehead atoms. The van der Waals surface area contributed by atoms with Crippen LogP contribution in [-0.2, 0) is 9.47 Å². The molecule has 4 unspecified atom stereocenters. The fourth-order valence-corrected chi connectivity index (χ4v) is 2.26. The van der Waals surface area contributed by atoms with E-state index >= 15 is 0 Å². The Morgan fingerprint density at radius 3 is 2.25 bits per heavy atom. The van der Waals surface area contributed by atoms with E-state index < -0.39 is 0 Å². The molecule has 0 saturated carbocycles. The molecule has 0 fully saturated rings. The molecule has 0 aromatic rings. The summed E-state index contributed by atoms with van der Waals surface area (Å²) in [6.45, 7) is 12.4. The van der Waals surface area contributed by atoms with Gasteiger partial charge in [0.1, 0.15) is 0 Å². The van der Waals surface area contributed by atoms with Crippen LogP contribution in [0.15, 0.2) is 36.0 Å². The molecule has 0 saturated heterocycles. The van der Waals surface area contributed by atoms with Gasteiger partial charge >= 0.3 is 0 Å². The van der Waals surface area contributed by atoms with Crippen LogP contribution in [0.25, 0.3) is 0 Å². The summed E-state index contributed by atoms with van der Waals surface area (Å²) in [6.07, 6.45) is 11.4. The van der Waals surface area contributed by atoms with Gasteiger partial charge in [0.15, 0.2) is 0 Å². The first kappa shape index (κ1) is 19.1. The quantitative estimate of drug-likeness (QED) is 0.575. The van der Waals surface area contributed by atoms with Gasteiger partial charge < -0.3 is 9.47 Å². The molecule has 0 N–H and O–H groups in total. The average Bonchev–Trinajstić information content (AvgIpc) is 2.47. The third-order valence-corrected chi connectivity index (χ3v) is 3.82.